The number of pyridine rings is 1. The molecule has 13 heteroatoms. The van der Waals surface area contributed by atoms with E-state index in [1.807, 2.05) is 87.2 Å². The first-order valence-electron chi connectivity index (χ1n) is 21.6. The molecular formula is C47H60N4O8S. The lowest BCUT2D eigenvalue weighted by Gasteiger charge is -2.36. The molecule has 0 unspecified atom stereocenters. The summed E-state index contributed by atoms with van der Waals surface area (Å²) in [6, 6.07) is 16.1. The number of nitrogens with one attached hydrogen (secondary N) is 1. The zero-order valence-electron chi connectivity index (χ0n) is 35.7. The lowest BCUT2D eigenvalue weighted by molar-refractivity contribution is -0.148. The van der Waals surface area contributed by atoms with Gasteiger partial charge in [-0.05, 0) is 68.4 Å². The van der Waals surface area contributed by atoms with Gasteiger partial charge in [0.25, 0.3) is 0 Å². The van der Waals surface area contributed by atoms with Gasteiger partial charge in [0.15, 0.2) is 5.78 Å². The third-order valence-electron chi connectivity index (χ3n) is 13.4. The predicted molar refractivity (Wildman–Crippen MR) is 231 cm³/mol. The summed E-state index contributed by atoms with van der Waals surface area (Å²) < 4.78 is 40.8. The first-order chi connectivity index (χ1) is 28.5. The Morgan fingerprint density at radius 3 is 2.37 bits per heavy atom. The number of allylic oxidation sites excluding steroid dienone is 1. The number of piperidine rings is 1. The number of nitrogens with zero attached hydrogens (tertiary/aromatic N) is 3. The molecule has 1 aromatic heterocycles. The molecule has 2 aliphatic heterocycles. The molecule has 2 aliphatic carbocycles. The topological polar surface area (TPSA) is 152 Å². The summed E-state index contributed by atoms with van der Waals surface area (Å²) in [5.41, 5.74) is 0.265. The van der Waals surface area contributed by atoms with Crippen LogP contribution >= 0.6 is 0 Å². The van der Waals surface area contributed by atoms with Crippen molar-refractivity contribution in [2.75, 3.05) is 26.7 Å². The van der Waals surface area contributed by atoms with Crippen molar-refractivity contribution < 1.29 is 37.1 Å². The van der Waals surface area contributed by atoms with E-state index in [0.717, 1.165) is 30.2 Å². The SMILES string of the molecule is C=C[C@@H]1C[C@]1(CC(=O)[C@@H]1C[C@@H](Oc2cc(-c3ccccc3)nc3cc(OC)ccc23)CN1C(=O)[C@@H](CC(=O)N1CCCCC1)C(C)(C)C)C(=O)NS(=O)(=O)C1(CCC)CC1. The Labute approximate surface area is 354 Å². The van der Waals surface area contributed by atoms with Crippen molar-refractivity contribution in [1.29, 1.82) is 0 Å². The van der Waals surface area contributed by atoms with Crippen molar-refractivity contribution >= 4 is 44.4 Å². The second-order valence-electron chi connectivity index (χ2n) is 18.5. The summed E-state index contributed by atoms with van der Waals surface area (Å²) >= 11 is 0. The van der Waals surface area contributed by atoms with Crippen LogP contribution in [0.1, 0.15) is 98.3 Å². The van der Waals surface area contributed by atoms with Crippen LogP contribution in [0.25, 0.3) is 22.2 Å². The lowest BCUT2D eigenvalue weighted by Crippen LogP contribution is -2.50. The van der Waals surface area contributed by atoms with E-state index in [0.29, 0.717) is 61.5 Å². The molecule has 0 spiro atoms. The van der Waals surface area contributed by atoms with E-state index in [1.165, 1.54) is 0 Å². The second-order valence-corrected chi connectivity index (χ2v) is 20.6. The minimum absolute atomic E-state index is 0.00474. The Bertz CT molecular complexity index is 2250. The van der Waals surface area contributed by atoms with Crippen molar-refractivity contribution in [3.63, 3.8) is 0 Å². The molecule has 4 aliphatic rings. The van der Waals surface area contributed by atoms with E-state index < -0.39 is 55.5 Å². The quantitative estimate of drug-likeness (QED) is 0.147. The van der Waals surface area contributed by atoms with Crippen LogP contribution in [0.15, 0.2) is 67.3 Å². The van der Waals surface area contributed by atoms with Gasteiger partial charge in [-0.25, -0.2) is 13.4 Å². The van der Waals surface area contributed by atoms with Gasteiger partial charge in [-0.15, -0.1) is 6.58 Å². The molecule has 322 valence electrons. The Kier molecular flexibility index (Phi) is 12.2. The number of ketones is 1. The summed E-state index contributed by atoms with van der Waals surface area (Å²) in [5, 5.41) is 0.725. The van der Waals surface area contributed by atoms with Crippen molar-refractivity contribution in [3.05, 3.63) is 67.3 Å². The van der Waals surface area contributed by atoms with Gasteiger partial charge in [0.2, 0.25) is 27.7 Å². The predicted octanol–water partition coefficient (Wildman–Crippen LogP) is 7.25. The van der Waals surface area contributed by atoms with E-state index in [-0.39, 0.29) is 49.8 Å². The molecule has 0 radical (unpaired) electrons. The number of benzene rings is 2. The number of fused-ring (bicyclic) bond motifs is 1. The van der Waals surface area contributed by atoms with Crippen molar-refractivity contribution in [1.82, 2.24) is 19.5 Å². The number of aromatic nitrogens is 1. The van der Waals surface area contributed by atoms with Crippen molar-refractivity contribution in [3.8, 4) is 22.8 Å². The minimum atomic E-state index is -3.98. The number of amides is 3. The number of carbonyl (C=O) groups excluding carboxylic acids is 4. The monoisotopic (exact) mass is 840 g/mol. The van der Waals surface area contributed by atoms with E-state index in [2.05, 4.69) is 11.3 Å². The molecular weight excluding hydrogens is 781 g/mol. The third kappa shape index (κ3) is 8.69. The van der Waals surface area contributed by atoms with Crippen molar-refractivity contribution in [2.24, 2.45) is 22.7 Å². The first-order valence-corrected chi connectivity index (χ1v) is 23.0. The molecule has 2 saturated carbocycles. The van der Waals surface area contributed by atoms with Gasteiger partial charge in [0.1, 0.15) is 17.6 Å². The normalized spacial score (nSPS) is 24.1. The number of carbonyl (C=O) groups is 4. The Morgan fingerprint density at radius 1 is 1.03 bits per heavy atom. The molecule has 12 nitrogen and oxygen atoms in total. The fourth-order valence-electron chi connectivity index (χ4n) is 9.38. The first kappa shape index (κ1) is 43.3. The van der Waals surface area contributed by atoms with Gasteiger partial charge < -0.3 is 19.3 Å². The lowest BCUT2D eigenvalue weighted by atomic mass is 9.77. The van der Waals surface area contributed by atoms with Crippen LogP contribution in [0.5, 0.6) is 11.5 Å². The number of rotatable bonds is 16. The molecule has 4 fully saturated rings. The number of hydrogen-bond donors (Lipinski definition) is 1. The summed E-state index contributed by atoms with van der Waals surface area (Å²) in [6.07, 6.45) is 6.12. The van der Waals surface area contributed by atoms with Gasteiger partial charge in [0, 0.05) is 55.4 Å². The molecule has 3 aromatic rings. The van der Waals surface area contributed by atoms with Crippen LogP contribution in [0.3, 0.4) is 0 Å². The molecule has 2 saturated heterocycles. The number of likely N-dealkylation sites (tertiary alicyclic amines) is 2. The molecule has 3 heterocycles. The summed E-state index contributed by atoms with van der Waals surface area (Å²) in [5.74, 6) is -1.44. The molecule has 1 N–H and O–H groups in total. The molecule has 3 amide bonds. The Balaban J connectivity index is 1.21. The Hall–Kier alpha value is -4.78. The van der Waals surface area contributed by atoms with Crippen LogP contribution in [0.2, 0.25) is 0 Å². The van der Waals surface area contributed by atoms with Crippen LogP contribution in [0.4, 0.5) is 0 Å². The molecule has 5 atom stereocenters. The van der Waals surface area contributed by atoms with Gasteiger partial charge in [-0.3, -0.25) is 23.9 Å². The fraction of sp³-hybridized carbons (Fsp3) is 0.553. The van der Waals surface area contributed by atoms with Gasteiger partial charge >= 0.3 is 0 Å². The van der Waals surface area contributed by atoms with Crippen LogP contribution in [-0.2, 0) is 29.2 Å². The highest BCUT2D eigenvalue weighted by atomic mass is 32.2. The van der Waals surface area contributed by atoms with Crippen LogP contribution < -0.4 is 14.2 Å². The standard InChI is InChI=1S/C47H60N4O8S/c1-7-19-46(20-21-46)60(56,57)49-44(55)47(28-32(47)8-2)29-40(52)39-25-34(30-51(39)43(54)36(45(3,4)5)26-42(53)50-22-13-10-14-23-50)59-41-27-37(31-15-11-9-12-16-31)48-38-24-33(58-6)17-18-35(38)41/h8-9,11-12,15-18,24,27,32,34,36,39H,2,7,10,13-14,19-23,25-26,28-30H2,1,3-6H3,(H,49,55)/t32-,34-,36-,39+,47-/m1/s1. The summed E-state index contributed by atoms with van der Waals surface area (Å²) in [4.78, 5) is 65.9. The smallest absolute Gasteiger partial charge is 0.240 e. The molecule has 0 bridgehead atoms. The van der Waals surface area contributed by atoms with Gasteiger partial charge in [0.05, 0.1) is 47.0 Å². The average molecular weight is 841 g/mol. The number of ether oxygens (including phenoxy) is 2. The number of methoxy groups -OCH3 is 1. The van der Waals surface area contributed by atoms with E-state index in [4.69, 9.17) is 14.5 Å². The maximum absolute atomic E-state index is 15.0. The number of Topliss-reactive ketones (excluding diaryl/α,β-unsaturated/α-hetero) is 1. The average Bonchev–Trinajstić information content (AvgIpc) is 4.14. The fourth-order valence-corrected chi connectivity index (χ4v) is 11.2. The second kappa shape index (κ2) is 16.9. The molecule has 2 aromatic carbocycles. The maximum atomic E-state index is 15.0. The highest BCUT2D eigenvalue weighted by Gasteiger charge is 2.63. The van der Waals surface area contributed by atoms with E-state index >= 15 is 0 Å². The van der Waals surface area contributed by atoms with Gasteiger partial charge in [-0.2, -0.15) is 0 Å². The molecule has 7 rings (SSSR count). The zero-order chi connectivity index (χ0) is 43.0. The Morgan fingerprint density at radius 2 is 1.75 bits per heavy atom. The molecule has 60 heavy (non-hydrogen) atoms. The van der Waals surface area contributed by atoms with Crippen LogP contribution in [0, 0.1) is 22.7 Å². The van der Waals surface area contributed by atoms with E-state index in [9.17, 15) is 27.6 Å². The highest BCUT2D eigenvalue weighted by molar-refractivity contribution is 7.91. The maximum Gasteiger partial charge on any atom is 0.240 e. The number of hydrogen-bond acceptors (Lipinski definition) is 9. The van der Waals surface area contributed by atoms with E-state index in [1.54, 1.807) is 18.1 Å². The zero-order valence-corrected chi connectivity index (χ0v) is 36.5. The highest BCUT2D eigenvalue weighted by Crippen LogP contribution is 2.57. The summed E-state index contributed by atoms with van der Waals surface area (Å²) in [6.45, 7) is 13.0. The summed E-state index contributed by atoms with van der Waals surface area (Å²) in [7, 11) is -2.39. The third-order valence-corrected chi connectivity index (χ3v) is 15.6. The number of sulfonamides is 1. The van der Waals surface area contributed by atoms with Crippen molar-refractivity contribution in [2.45, 2.75) is 115 Å². The van der Waals surface area contributed by atoms with Crippen LogP contribution in [-0.4, -0.2) is 90.3 Å². The van der Waals surface area contributed by atoms with Gasteiger partial charge in [-0.1, -0.05) is 70.5 Å². The minimum Gasteiger partial charge on any atom is -0.497 e. The largest absolute Gasteiger partial charge is 0.497 e.